The molecule has 0 aliphatic rings. The molecule has 2 aromatic carbocycles. The van der Waals surface area contributed by atoms with Gasteiger partial charge in [0.05, 0.1) is 5.69 Å². The number of carbonyl (C=O) groups is 2. The molecule has 26 heavy (non-hydrogen) atoms. The van der Waals surface area contributed by atoms with E-state index < -0.39 is 5.91 Å². The van der Waals surface area contributed by atoms with Crippen LogP contribution in [0.3, 0.4) is 0 Å². The zero-order chi connectivity index (χ0) is 18.7. The second-order valence-electron chi connectivity index (χ2n) is 5.98. The molecule has 3 rings (SSSR count). The van der Waals surface area contributed by atoms with Gasteiger partial charge in [0.15, 0.2) is 0 Å². The van der Waals surface area contributed by atoms with Crippen molar-refractivity contribution < 1.29 is 9.59 Å². The molecule has 0 radical (unpaired) electrons. The minimum Gasteiger partial charge on any atom is -0.366 e. The third kappa shape index (κ3) is 3.59. The van der Waals surface area contributed by atoms with Crippen LogP contribution in [-0.4, -0.2) is 44.0 Å². The van der Waals surface area contributed by atoms with Gasteiger partial charge in [0, 0.05) is 24.7 Å². The fraction of sp³-hybridized carbons (Fsp3) is 0.167. The maximum Gasteiger partial charge on any atom is 0.253 e. The highest BCUT2D eigenvalue weighted by Crippen LogP contribution is 2.17. The third-order valence-corrected chi connectivity index (χ3v) is 4.02. The summed E-state index contributed by atoms with van der Waals surface area (Å²) in [7, 11) is 1.71. The van der Waals surface area contributed by atoms with E-state index in [1.807, 2.05) is 13.0 Å². The molecule has 0 saturated carbocycles. The molecule has 132 valence electrons. The molecule has 2 N–H and O–H groups in total. The largest absolute Gasteiger partial charge is 0.366 e. The smallest absolute Gasteiger partial charge is 0.253 e. The Bertz CT molecular complexity index is 952. The minimum atomic E-state index is -0.491. The summed E-state index contributed by atoms with van der Waals surface area (Å²) in [5.41, 5.74) is 8.81. The number of nitrogens with zero attached hydrogens (tertiary/aromatic N) is 5. The van der Waals surface area contributed by atoms with Crippen molar-refractivity contribution in [3.63, 3.8) is 0 Å². The van der Waals surface area contributed by atoms with Crippen molar-refractivity contribution in [3.8, 4) is 5.69 Å². The Labute approximate surface area is 150 Å². The molecular weight excluding hydrogens is 332 g/mol. The number of nitrogens with two attached hydrogens (primary N) is 1. The van der Waals surface area contributed by atoms with Crippen LogP contribution in [0.2, 0.25) is 0 Å². The van der Waals surface area contributed by atoms with Crippen LogP contribution in [-0.2, 0) is 6.54 Å². The quantitative estimate of drug-likeness (QED) is 0.747. The van der Waals surface area contributed by atoms with E-state index in [2.05, 4.69) is 15.5 Å². The topological polar surface area (TPSA) is 107 Å². The highest BCUT2D eigenvalue weighted by molar-refractivity contribution is 5.95. The fourth-order valence-corrected chi connectivity index (χ4v) is 2.71. The number of amides is 2. The van der Waals surface area contributed by atoms with E-state index in [9.17, 15) is 9.59 Å². The Morgan fingerprint density at radius 3 is 2.62 bits per heavy atom. The lowest BCUT2D eigenvalue weighted by molar-refractivity contribution is 0.0785. The molecule has 0 spiro atoms. The summed E-state index contributed by atoms with van der Waals surface area (Å²) in [4.78, 5) is 25.6. The summed E-state index contributed by atoms with van der Waals surface area (Å²) in [6.07, 6.45) is 1.50. The molecule has 8 heteroatoms. The second-order valence-corrected chi connectivity index (χ2v) is 5.98. The number of aromatic nitrogens is 4. The average molecular weight is 350 g/mol. The van der Waals surface area contributed by atoms with Crippen LogP contribution in [0, 0.1) is 6.92 Å². The lowest BCUT2D eigenvalue weighted by atomic mass is 10.1. The van der Waals surface area contributed by atoms with Crippen molar-refractivity contribution in [2.45, 2.75) is 13.5 Å². The first kappa shape index (κ1) is 17.3. The number of primary amides is 1. The van der Waals surface area contributed by atoms with Crippen LogP contribution < -0.4 is 5.73 Å². The van der Waals surface area contributed by atoms with Gasteiger partial charge in [-0.1, -0.05) is 12.1 Å². The Morgan fingerprint density at radius 2 is 1.96 bits per heavy atom. The van der Waals surface area contributed by atoms with E-state index in [0.29, 0.717) is 17.7 Å². The lowest BCUT2D eigenvalue weighted by Crippen LogP contribution is -2.26. The van der Waals surface area contributed by atoms with Crippen LogP contribution in [0.4, 0.5) is 0 Å². The Hall–Kier alpha value is -3.55. The zero-order valence-electron chi connectivity index (χ0n) is 14.5. The SMILES string of the molecule is Cc1cc(C(=O)N(C)Cc2cccc(C(N)=O)c2)ccc1-n1cnnn1. The standard InChI is InChI=1S/C18H18N6O2/c1-12-8-15(6-7-16(12)24-11-20-21-22-24)18(26)23(2)10-13-4-3-5-14(9-13)17(19)25/h3-9,11H,10H2,1-2H3,(H2,19,25). The van der Waals surface area contributed by atoms with Gasteiger partial charge in [-0.15, -0.1) is 5.10 Å². The predicted octanol–water partition coefficient (Wildman–Crippen LogP) is 1.34. The number of hydrogen-bond donors (Lipinski definition) is 1. The van der Waals surface area contributed by atoms with Crippen LogP contribution in [0.1, 0.15) is 31.8 Å². The number of rotatable bonds is 5. The van der Waals surface area contributed by atoms with Gasteiger partial charge in [-0.25, -0.2) is 4.68 Å². The van der Waals surface area contributed by atoms with Gasteiger partial charge in [-0.05, 0) is 58.8 Å². The van der Waals surface area contributed by atoms with Gasteiger partial charge < -0.3 is 10.6 Å². The number of tetrazole rings is 1. The molecule has 0 fully saturated rings. The molecule has 0 aliphatic carbocycles. The van der Waals surface area contributed by atoms with E-state index in [-0.39, 0.29) is 5.91 Å². The van der Waals surface area contributed by atoms with Gasteiger partial charge in [0.1, 0.15) is 6.33 Å². The van der Waals surface area contributed by atoms with Crippen molar-refractivity contribution in [1.29, 1.82) is 0 Å². The summed E-state index contributed by atoms with van der Waals surface area (Å²) >= 11 is 0. The first-order chi connectivity index (χ1) is 12.5. The maximum absolute atomic E-state index is 12.7. The molecule has 0 aliphatic heterocycles. The molecule has 8 nitrogen and oxygen atoms in total. The van der Waals surface area contributed by atoms with Gasteiger partial charge in [-0.3, -0.25) is 9.59 Å². The van der Waals surface area contributed by atoms with Crippen molar-refractivity contribution in [3.05, 3.63) is 71.0 Å². The fourth-order valence-electron chi connectivity index (χ4n) is 2.71. The van der Waals surface area contributed by atoms with E-state index in [1.165, 1.54) is 6.33 Å². The van der Waals surface area contributed by atoms with Crippen LogP contribution >= 0.6 is 0 Å². The monoisotopic (exact) mass is 350 g/mol. The van der Waals surface area contributed by atoms with Crippen molar-refractivity contribution in [2.24, 2.45) is 5.73 Å². The van der Waals surface area contributed by atoms with Crippen molar-refractivity contribution in [1.82, 2.24) is 25.1 Å². The van der Waals surface area contributed by atoms with E-state index >= 15 is 0 Å². The predicted molar refractivity (Wildman–Crippen MR) is 94.6 cm³/mol. The molecule has 1 aromatic heterocycles. The summed E-state index contributed by atoms with van der Waals surface area (Å²) in [6.45, 7) is 2.26. The number of carbonyl (C=O) groups excluding carboxylic acids is 2. The third-order valence-electron chi connectivity index (χ3n) is 4.02. The molecule has 3 aromatic rings. The molecular formula is C18H18N6O2. The Kier molecular flexibility index (Phi) is 4.74. The van der Waals surface area contributed by atoms with Gasteiger partial charge in [0.25, 0.3) is 5.91 Å². The number of benzene rings is 2. The van der Waals surface area contributed by atoms with Gasteiger partial charge >= 0.3 is 0 Å². The molecule has 1 heterocycles. The molecule has 2 amide bonds. The highest BCUT2D eigenvalue weighted by atomic mass is 16.2. The lowest BCUT2D eigenvalue weighted by Gasteiger charge is -2.18. The van der Waals surface area contributed by atoms with E-state index in [0.717, 1.165) is 16.8 Å². The molecule has 0 saturated heterocycles. The molecule has 0 unspecified atom stereocenters. The minimum absolute atomic E-state index is 0.124. The van der Waals surface area contributed by atoms with Crippen LogP contribution in [0.25, 0.3) is 5.69 Å². The number of aryl methyl sites for hydroxylation is 1. The molecule has 0 atom stereocenters. The first-order valence-corrected chi connectivity index (χ1v) is 7.94. The highest BCUT2D eigenvalue weighted by Gasteiger charge is 2.14. The maximum atomic E-state index is 12.7. The summed E-state index contributed by atoms with van der Waals surface area (Å²) in [5, 5.41) is 11.1. The average Bonchev–Trinajstić information content (AvgIpc) is 3.15. The van der Waals surface area contributed by atoms with Crippen LogP contribution in [0.5, 0.6) is 0 Å². The van der Waals surface area contributed by atoms with Gasteiger partial charge in [-0.2, -0.15) is 0 Å². The second kappa shape index (κ2) is 7.14. The van der Waals surface area contributed by atoms with Crippen molar-refractivity contribution in [2.75, 3.05) is 7.05 Å². The Morgan fingerprint density at radius 1 is 1.15 bits per heavy atom. The van der Waals surface area contributed by atoms with E-state index in [4.69, 9.17) is 5.73 Å². The number of hydrogen-bond acceptors (Lipinski definition) is 5. The summed E-state index contributed by atoms with van der Waals surface area (Å²) < 4.78 is 1.54. The Balaban J connectivity index is 1.77. The summed E-state index contributed by atoms with van der Waals surface area (Å²) in [6, 6.07) is 12.3. The van der Waals surface area contributed by atoms with Gasteiger partial charge in [0.2, 0.25) is 5.91 Å². The molecule has 0 bridgehead atoms. The normalized spacial score (nSPS) is 10.5. The van der Waals surface area contributed by atoms with Crippen molar-refractivity contribution >= 4 is 11.8 Å². The van der Waals surface area contributed by atoms with Crippen LogP contribution in [0.15, 0.2) is 48.8 Å². The zero-order valence-corrected chi connectivity index (χ0v) is 14.5. The summed E-state index contributed by atoms with van der Waals surface area (Å²) in [5.74, 6) is -0.615. The first-order valence-electron chi connectivity index (χ1n) is 7.94. The van der Waals surface area contributed by atoms with E-state index in [1.54, 1.807) is 53.0 Å².